The summed E-state index contributed by atoms with van der Waals surface area (Å²) < 4.78 is 27.7. The molecule has 6 rings (SSSR count). The van der Waals surface area contributed by atoms with Crippen LogP contribution < -0.4 is 15.6 Å². The van der Waals surface area contributed by atoms with Gasteiger partial charge in [0.25, 0.3) is 5.56 Å². The zero-order valence-electron chi connectivity index (χ0n) is 22.6. The van der Waals surface area contributed by atoms with Gasteiger partial charge in [0.05, 0.1) is 19.5 Å². The Labute approximate surface area is 235 Å². The lowest BCUT2D eigenvalue weighted by atomic mass is 9.77. The van der Waals surface area contributed by atoms with Gasteiger partial charge in [0.15, 0.2) is 23.6 Å². The lowest BCUT2D eigenvalue weighted by Crippen LogP contribution is -2.39. The first kappa shape index (κ1) is 26.7. The van der Waals surface area contributed by atoms with E-state index in [0.29, 0.717) is 12.2 Å². The van der Waals surface area contributed by atoms with E-state index < -0.39 is 35.7 Å². The maximum absolute atomic E-state index is 15.1. The number of imidazole rings is 1. The summed E-state index contributed by atoms with van der Waals surface area (Å²) in [6.07, 6.45) is -3.08. The first-order chi connectivity index (χ1) is 20.0. The molecule has 4 atom stereocenters. The molecule has 0 radical (unpaired) electrons. The maximum Gasteiger partial charge on any atom is 0.280 e. The van der Waals surface area contributed by atoms with Gasteiger partial charge in [0.1, 0.15) is 17.4 Å². The number of halogens is 1. The summed E-state index contributed by atoms with van der Waals surface area (Å²) in [4.78, 5) is 25.0. The summed E-state index contributed by atoms with van der Waals surface area (Å²) in [7, 11) is 1.61. The number of anilines is 1. The van der Waals surface area contributed by atoms with Gasteiger partial charge in [0, 0.05) is 0 Å². The van der Waals surface area contributed by atoms with E-state index in [-0.39, 0.29) is 17.1 Å². The molecule has 9 nitrogen and oxygen atoms in total. The fourth-order valence-electron chi connectivity index (χ4n) is 5.55. The number of aliphatic hydroxyl groups is 1. The van der Waals surface area contributed by atoms with E-state index in [0.717, 1.165) is 16.7 Å². The highest BCUT2D eigenvalue weighted by molar-refractivity contribution is 5.71. The van der Waals surface area contributed by atoms with Crippen LogP contribution in [0.25, 0.3) is 11.2 Å². The van der Waals surface area contributed by atoms with Crippen molar-refractivity contribution >= 4 is 17.1 Å². The van der Waals surface area contributed by atoms with Gasteiger partial charge in [-0.25, -0.2) is 9.37 Å². The number of nitrogens with zero attached hydrogens (tertiary/aromatic N) is 3. The van der Waals surface area contributed by atoms with E-state index in [1.54, 1.807) is 7.11 Å². The number of aromatic nitrogens is 4. The van der Waals surface area contributed by atoms with Gasteiger partial charge in [-0.3, -0.25) is 14.3 Å². The summed E-state index contributed by atoms with van der Waals surface area (Å²) in [5, 5.41) is 13.9. The largest absolute Gasteiger partial charge is 0.497 e. The normalized spacial score (nSPS) is 20.8. The number of hydrogen-bond donors (Lipinski definition) is 3. The number of H-pyrrole nitrogens is 1. The van der Waals surface area contributed by atoms with Gasteiger partial charge in [0.2, 0.25) is 5.95 Å². The summed E-state index contributed by atoms with van der Waals surface area (Å²) in [5.41, 5.74) is 1.33. The third-order valence-corrected chi connectivity index (χ3v) is 7.65. The van der Waals surface area contributed by atoms with Crippen molar-refractivity contribution < 1.29 is 19.0 Å². The average Bonchev–Trinajstić information content (AvgIpc) is 3.57. The van der Waals surface area contributed by atoms with Crippen molar-refractivity contribution in [1.82, 2.24) is 19.5 Å². The fraction of sp³-hybridized carbons (Fsp3) is 0.258. The first-order valence-electron chi connectivity index (χ1n) is 13.4. The number of aromatic amines is 1. The van der Waals surface area contributed by atoms with E-state index in [2.05, 4.69) is 15.3 Å². The lowest BCUT2D eigenvalue weighted by molar-refractivity contribution is -0.0238. The minimum atomic E-state index is -1.71. The molecule has 1 aliphatic rings. The molecule has 3 N–H and O–H groups in total. The average molecular weight is 556 g/mol. The number of hydrogen-bond acceptors (Lipinski definition) is 7. The van der Waals surface area contributed by atoms with E-state index in [1.165, 1.54) is 10.9 Å². The van der Waals surface area contributed by atoms with Gasteiger partial charge < -0.3 is 19.9 Å². The Morgan fingerprint density at radius 3 is 2.20 bits per heavy atom. The molecule has 1 fully saturated rings. The molecule has 0 saturated carbocycles. The second-order valence-electron chi connectivity index (χ2n) is 9.98. The van der Waals surface area contributed by atoms with Crippen molar-refractivity contribution in [3.63, 3.8) is 0 Å². The Hall–Kier alpha value is -4.54. The van der Waals surface area contributed by atoms with Crippen LogP contribution in [0.1, 0.15) is 36.3 Å². The molecule has 10 heteroatoms. The predicted octanol–water partition coefficient (Wildman–Crippen LogP) is 4.54. The van der Waals surface area contributed by atoms with Crippen LogP contribution in [0.3, 0.4) is 0 Å². The summed E-state index contributed by atoms with van der Waals surface area (Å²) in [6.45, 7) is 1.81. The van der Waals surface area contributed by atoms with E-state index in [9.17, 15) is 9.90 Å². The van der Waals surface area contributed by atoms with Crippen molar-refractivity contribution in [2.24, 2.45) is 0 Å². The summed E-state index contributed by atoms with van der Waals surface area (Å²) in [6, 6.07) is 27.3. The molecule has 210 valence electrons. The van der Waals surface area contributed by atoms with Crippen LogP contribution in [0.5, 0.6) is 5.75 Å². The molecule has 3 aromatic carbocycles. The van der Waals surface area contributed by atoms with Gasteiger partial charge >= 0.3 is 0 Å². The Morgan fingerprint density at radius 1 is 1.02 bits per heavy atom. The zero-order chi connectivity index (χ0) is 28.6. The van der Waals surface area contributed by atoms with E-state index in [4.69, 9.17) is 14.5 Å². The van der Waals surface area contributed by atoms with Crippen molar-refractivity contribution in [2.45, 2.75) is 43.5 Å². The standard InChI is InChI=1S/C31H30FN5O4/c1-3-23-26(38)24(32)29(41-23)37-18-33-25-27(37)34-30(35-28(25)39)36-31(19-10-6-4-7-11-19,20-12-8-5-9-13-20)21-14-16-22(40-2)17-15-21/h4-18,23-24,26,29,38H,3H2,1-2H3,(H2,34,35,36,39)/t23-,24-,26-,29-/m1/s1. The molecule has 0 bridgehead atoms. The number of fused-ring (bicyclic) bond motifs is 1. The third kappa shape index (κ3) is 4.55. The predicted molar refractivity (Wildman–Crippen MR) is 153 cm³/mol. The van der Waals surface area contributed by atoms with Gasteiger partial charge in [-0.05, 0) is 35.2 Å². The van der Waals surface area contributed by atoms with Gasteiger partial charge in [-0.2, -0.15) is 4.98 Å². The van der Waals surface area contributed by atoms with Crippen molar-refractivity contribution in [2.75, 3.05) is 12.4 Å². The Kier molecular flexibility index (Phi) is 7.02. The van der Waals surface area contributed by atoms with Crippen molar-refractivity contribution in [1.29, 1.82) is 0 Å². The Bertz CT molecular complexity index is 1650. The molecule has 5 aromatic rings. The molecule has 2 aromatic heterocycles. The topological polar surface area (TPSA) is 114 Å². The monoisotopic (exact) mass is 555 g/mol. The number of aliphatic hydroxyl groups excluding tert-OH is 1. The molecule has 3 heterocycles. The highest BCUT2D eigenvalue weighted by Gasteiger charge is 2.45. The van der Waals surface area contributed by atoms with Crippen molar-refractivity contribution in [3.8, 4) is 5.75 Å². The minimum Gasteiger partial charge on any atom is -0.497 e. The molecule has 1 saturated heterocycles. The molecular formula is C31H30FN5O4. The molecule has 1 aliphatic heterocycles. The molecular weight excluding hydrogens is 525 g/mol. The number of benzene rings is 3. The van der Waals surface area contributed by atoms with Gasteiger partial charge in [-0.1, -0.05) is 79.7 Å². The van der Waals surface area contributed by atoms with Crippen LogP contribution in [0.15, 0.2) is 96.1 Å². The second kappa shape index (κ2) is 10.8. The molecule has 0 amide bonds. The fourth-order valence-corrected chi connectivity index (χ4v) is 5.55. The van der Waals surface area contributed by atoms with Crippen LogP contribution in [0, 0.1) is 0 Å². The van der Waals surface area contributed by atoms with Gasteiger partial charge in [-0.15, -0.1) is 0 Å². The number of methoxy groups -OCH3 is 1. The van der Waals surface area contributed by atoms with Crippen LogP contribution in [0.4, 0.5) is 10.3 Å². The quantitative estimate of drug-likeness (QED) is 0.241. The molecule has 0 unspecified atom stereocenters. The Morgan fingerprint density at radius 2 is 1.63 bits per heavy atom. The zero-order valence-corrected chi connectivity index (χ0v) is 22.6. The molecule has 41 heavy (non-hydrogen) atoms. The number of rotatable bonds is 8. The first-order valence-corrected chi connectivity index (χ1v) is 13.4. The minimum absolute atomic E-state index is 0.0373. The second-order valence-corrected chi connectivity index (χ2v) is 9.98. The van der Waals surface area contributed by atoms with Crippen LogP contribution >= 0.6 is 0 Å². The lowest BCUT2D eigenvalue weighted by Gasteiger charge is -2.37. The Balaban J connectivity index is 1.54. The molecule has 0 spiro atoms. The highest BCUT2D eigenvalue weighted by Crippen LogP contribution is 2.40. The van der Waals surface area contributed by atoms with Crippen molar-refractivity contribution in [3.05, 3.63) is 118 Å². The molecule has 0 aliphatic carbocycles. The number of ether oxygens (including phenoxy) is 2. The van der Waals surface area contributed by atoms with E-state index in [1.807, 2.05) is 91.9 Å². The number of alkyl halides is 1. The summed E-state index contributed by atoms with van der Waals surface area (Å²) >= 11 is 0. The van der Waals surface area contributed by atoms with E-state index >= 15 is 4.39 Å². The van der Waals surface area contributed by atoms with Crippen LogP contribution in [-0.4, -0.2) is 50.1 Å². The third-order valence-electron chi connectivity index (χ3n) is 7.65. The van der Waals surface area contributed by atoms with Crippen LogP contribution in [0.2, 0.25) is 0 Å². The highest BCUT2D eigenvalue weighted by atomic mass is 19.1. The van der Waals surface area contributed by atoms with Crippen LogP contribution in [-0.2, 0) is 10.3 Å². The summed E-state index contributed by atoms with van der Waals surface area (Å²) in [5.74, 6) is 0.847. The SMILES string of the molecule is CC[C@H]1O[C@@H](n2cnc3c(=O)[nH]c(NC(c4ccccc4)(c4ccccc4)c4ccc(OC)cc4)nc32)[C@H](F)[C@@H]1O. The number of nitrogens with one attached hydrogen (secondary N) is 2. The smallest absolute Gasteiger partial charge is 0.280 e. The maximum atomic E-state index is 15.1.